The van der Waals surface area contributed by atoms with Gasteiger partial charge in [0.2, 0.25) is 5.91 Å². The van der Waals surface area contributed by atoms with E-state index in [4.69, 9.17) is 0 Å². The highest BCUT2D eigenvalue weighted by molar-refractivity contribution is 6.06. The summed E-state index contributed by atoms with van der Waals surface area (Å²) in [6.07, 6.45) is 3.37. The van der Waals surface area contributed by atoms with Crippen LogP contribution in [0.15, 0.2) is 73.1 Å². The standard InChI is InChI=1S/C25H25N5O2/c1-17(2)23-14-21(20-9-3-4-10-22(20)29-23)25(32)26-15-18-7-5-8-19(13-18)28-24(31)16-30-12-6-11-27-30/h3-14,17H,15-16H2,1-2H3,(H,26,32)(H,28,31). The zero-order valence-corrected chi connectivity index (χ0v) is 18.1. The Hall–Kier alpha value is -4.00. The van der Waals surface area contributed by atoms with Crippen molar-refractivity contribution in [3.05, 3.63) is 89.9 Å². The van der Waals surface area contributed by atoms with Gasteiger partial charge in [0.1, 0.15) is 6.54 Å². The quantitative estimate of drug-likeness (QED) is 0.464. The zero-order valence-electron chi connectivity index (χ0n) is 18.1. The molecule has 0 aliphatic carbocycles. The molecule has 2 heterocycles. The second-order valence-electron chi connectivity index (χ2n) is 7.90. The first kappa shape index (κ1) is 21.2. The molecule has 4 aromatic rings. The van der Waals surface area contributed by atoms with Gasteiger partial charge in [0, 0.05) is 35.7 Å². The van der Waals surface area contributed by atoms with Gasteiger partial charge in [-0.25, -0.2) is 0 Å². The Bertz CT molecular complexity index is 1250. The third-order valence-electron chi connectivity index (χ3n) is 5.10. The van der Waals surface area contributed by atoms with Crippen LogP contribution in [0.5, 0.6) is 0 Å². The minimum absolute atomic E-state index is 0.140. The topological polar surface area (TPSA) is 88.9 Å². The van der Waals surface area contributed by atoms with Gasteiger partial charge in [-0.2, -0.15) is 5.10 Å². The molecule has 0 spiro atoms. The van der Waals surface area contributed by atoms with Crippen molar-refractivity contribution >= 4 is 28.4 Å². The average Bonchev–Trinajstić information content (AvgIpc) is 3.29. The maximum atomic E-state index is 13.0. The molecule has 4 rings (SSSR count). The molecule has 7 nitrogen and oxygen atoms in total. The van der Waals surface area contributed by atoms with Crippen LogP contribution in [-0.2, 0) is 17.9 Å². The van der Waals surface area contributed by atoms with Crippen LogP contribution in [0, 0.1) is 0 Å². The van der Waals surface area contributed by atoms with E-state index in [1.807, 2.05) is 54.6 Å². The van der Waals surface area contributed by atoms with Crippen LogP contribution in [0.2, 0.25) is 0 Å². The Morgan fingerprint density at radius 3 is 2.66 bits per heavy atom. The molecule has 162 valence electrons. The van der Waals surface area contributed by atoms with E-state index in [-0.39, 0.29) is 24.3 Å². The minimum atomic E-state index is -0.167. The Kier molecular flexibility index (Phi) is 6.26. The van der Waals surface area contributed by atoms with Gasteiger partial charge in [-0.05, 0) is 41.8 Å². The molecule has 2 aromatic carbocycles. The highest BCUT2D eigenvalue weighted by Gasteiger charge is 2.14. The summed E-state index contributed by atoms with van der Waals surface area (Å²) in [5.74, 6) is -0.105. The number of pyridine rings is 1. The Morgan fingerprint density at radius 1 is 1.03 bits per heavy atom. The van der Waals surface area contributed by atoms with Crippen LogP contribution >= 0.6 is 0 Å². The van der Waals surface area contributed by atoms with Crippen molar-refractivity contribution in [1.82, 2.24) is 20.1 Å². The highest BCUT2D eigenvalue weighted by atomic mass is 16.2. The number of nitrogens with zero attached hydrogens (tertiary/aromatic N) is 3. The van der Waals surface area contributed by atoms with E-state index < -0.39 is 0 Å². The molecule has 0 atom stereocenters. The number of nitrogens with one attached hydrogen (secondary N) is 2. The summed E-state index contributed by atoms with van der Waals surface area (Å²) in [5, 5.41) is 10.7. The van der Waals surface area contributed by atoms with Gasteiger partial charge in [-0.3, -0.25) is 19.3 Å². The fraction of sp³-hybridized carbons (Fsp3) is 0.200. The molecule has 0 unspecified atom stereocenters. The van der Waals surface area contributed by atoms with Crippen molar-refractivity contribution in [2.75, 3.05) is 5.32 Å². The van der Waals surface area contributed by atoms with Crippen molar-refractivity contribution < 1.29 is 9.59 Å². The first-order chi connectivity index (χ1) is 15.5. The van der Waals surface area contributed by atoms with Gasteiger partial charge in [-0.15, -0.1) is 0 Å². The molecule has 2 amide bonds. The predicted molar refractivity (Wildman–Crippen MR) is 124 cm³/mol. The third-order valence-corrected chi connectivity index (χ3v) is 5.10. The number of anilines is 1. The molecule has 32 heavy (non-hydrogen) atoms. The lowest BCUT2D eigenvalue weighted by Gasteiger charge is -2.13. The summed E-state index contributed by atoms with van der Waals surface area (Å²) >= 11 is 0. The van der Waals surface area contributed by atoms with E-state index in [9.17, 15) is 9.59 Å². The van der Waals surface area contributed by atoms with E-state index in [1.54, 1.807) is 23.1 Å². The molecule has 0 saturated carbocycles. The molecule has 0 bridgehead atoms. The maximum absolute atomic E-state index is 13.0. The Balaban J connectivity index is 1.45. The molecule has 7 heteroatoms. The normalized spacial score (nSPS) is 11.0. The molecular formula is C25H25N5O2. The molecule has 2 N–H and O–H groups in total. The smallest absolute Gasteiger partial charge is 0.252 e. The van der Waals surface area contributed by atoms with E-state index >= 15 is 0 Å². The lowest BCUT2D eigenvalue weighted by molar-refractivity contribution is -0.116. The number of hydrogen-bond donors (Lipinski definition) is 2. The van der Waals surface area contributed by atoms with Crippen LogP contribution in [0.3, 0.4) is 0 Å². The van der Waals surface area contributed by atoms with Crippen LogP contribution in [0.25, 0.3) is 10.9 Å². The van der Waals surface area contributed by atoms with Crippen molar-refractivity contribution in [2.45, 2.75) is 32.9 Å². The predicted octanol–water partition coefficient (Wildman–Crippen LogP) is 4.12. The van der Waals surface area contributed by atoms with Crippen LogP contribution in [0.4, 0.5) is 5.69 Å². The number of carbonyl (C=O) groups excluding carboxylic acids is 2. The number of fused-ring (bicyclic) bond motifs is 1. The average molecular weight is 428 g/mol. The number of hydrogen-bond acceptors (Lipinski definition) is 4. The van der Waals surface area contributed by atoms with Gasteiger partial charge in [0.05, 0.1) is 11.1 Å². The number of para-hydroxylation sites is 1. The number of carbonyl (C=O) groups is 2. The third kappa shape index (κ3) is 5.00. The fourth-order valence-electron chi connectivity index (χ4n) is 3.46. The van der Waals surface area contributed by atoms with Crippen molar-refractivity contribution in [3.8, 4) is 0 Å². The van der Waals surface area contributed by atoms with Crippen molar-refractivity contribution in [2.24, 2.45) is 0 Å². The monoisotopic (exact) mass is 427 g/mol. The summed E-state index contributed by atoms with van der Waals surface area (Å²) in [5.41, 5.74) is 3.87. The molecule has 0 saturated heterocycles. The summed E-state index contributed by atoms with van der Waals surface area (Å²) < 4.78 is 1.56. The molecular weight excluding hydrogens is 402 g/mol. The van der Waals surface area contributed by atoms with Gasteiger partial charge >= 0.3 is 0 Å². The summed E-state index contributed by atoms with van der Waals surface area (Å²) in [7, 11) is 0. The Labute approximate surface area is 186 Å². The fourth-order valence-corrected chi connectivity index (χ4v) is 3.46. The van der Waals surface area contributed by atoms with Crippen molar-refractivity contribution in [3.63, 3.8) is 0 Å². The van der Waals surface area contributed by atoms with E-state index in [0.29, 0.717) is 17.8 Å². The maximum Gasteiger partial charge on any atom is 0.252 e. The number of rotatable bonds is 7. The summed E-state index contributed by atoms with van der Waals surface area (Å²) in [6.45, 7) is 4.60. The van der Waals surface area contributed by atoms with Crippen LogP contribution in [0.1, 0.15) is 41.4 Å². The lowest BCUT2D eigenvalue weighted by atomic mass is 10.0. The van der Waals surface area contributed by atoms with E-state index in [1.165, 1.54) is 0 Å². The Morgan fingerprint density at radius 2 is 1.88 bits per heavy atom. The van der Waals surface area contributed by atoms with Gasteiger partial charge in [-0.1, -0.05) is 44.2 Å². The van der Waals surface area contributed by atoms with Crippen LogP contribution < -0.4 is 10.6 Å². The SMILES string of the molecule is CC(C)c1cc(C(=O)NCc2cccc(NC(=O)Cn3cccn3)c2)c2ccccc2n1. The molecule has 0 fully saturated rings. The number of amides is 2. The van der Waals surface area contributed by atoms with Gasteiger partial charge in [0.15, 0.2) is 0 Å². The molecule has 0 radical (unpaired) electrons. The van der Waals surface area contributed by atoms with Crippen LogP contribution in [-0.4, -0.2) is 26.6 Å². The first-order valence-corrected chi connectivity index (χ1v) is 10.5. The van der Waals surface area contributed by atoms with Gasteiger partial charge in [0.25, 0.3) is 5.91 Å². The lowest BCUT2D eigenvalue weighted by Crippen LogP contribution is -2.24. The summed E-state index contributed by atoms with van der Waals surface area (Å²) in [6, 6.07) is 18.7. The first-order valence-electron chi connectivity index (χ1n) is 10.5. The largest absolute Gasteiger partial charge is 0.348 e. The van der Waals surface area contributed by atoms with E-state index in [0.717, 1.165) is 22.2 Å². The number of benzene rings is 2. The second-order valence-corrected chi connectivity index (χ2v) is 7.90. The molecule has 2 aromatic heterocycles. The minimum Gasteiger partial charge on any atom is -0.348 e. The molecule has 0 aliphatic rings. The summed E-state index contributed by atoms with van der Waals surface area (Å²) in [4.78, 5) is 29.9. The van der Waals surface area contributed by atoms with Gasteiger partial charge < -0.3 is 10.6 Å². The second kappa shape index (κ2) is 9.43. The zero-order chi connectivity index (χ0) is 22.5. The molecule has 0 aliphatic heterocycles. The van der Waals surface area contributed by atoms with Crippen molar-refractivity contribution in [1.29, 1.82) is 0 Å². The number of aromatic nitrogens is 3. The highest BCUT2D eigenvalue weighted by Crippen LogP contribution is 2.22. The van der Waals surface area contributed by atoms with E-state index in [2.05, 4.69) is 34.6 Å².